The molecule has 1 aromatic heterocycles. The smallest absolute Gasteiger partial charge is 0.234 e. The standard InChI is InChI=1S/C19H25N3O2/c1-22(14-10-16-7-11-20-12-8-16)15-19(23)21-13-9-17-5-3-4-6-18(17)24-2/h3-8,11-12H,9-10,13-15H2,1-2H3,(H,21,23). The number of methoxy groups -OCH3 is 1. The van der Waals surface area contributed by atoms with Gasteiger partial charge in [0.2, 0.25) is 5.91 Å². The Bertz CT molecular complexity index is 632. The average Bonchev–Trinajstić information content (AvgIpc) is 2.61. The summed E-state index contributed by atoms with van der Waals surface area (Å²) in [6.45, 7) is 1.85. The number of carbonyl (C=O) groups is 1. The lowest BCUT2D eigenvalue weighted by Gasteiger charge is -2.16. The summed E-state index contributed by atoms with van der Waals surface area (Å²) < 4.78 is 5.32. The van der Waals surface area contributed by atoms with Gasteiger partial charge in [0, 0.05) is 25.5 Å². The number of carbonyl (C=O) groups excluding carboxylic acids is 1. The van der Waals surface area contributed by atoms with Crippen LogP contribution in [-0.2, 0) is 17.6 Å². The van der Waals surface area contributed by atoms with Gasteiger partial charge < -0.3 is 10.1 Å². The van der Waals surface area contributed by atoms with Crippen LogP contribution in [0.25, 0.3) is 0 Å². The molecule has 0 saturated heterocycles. The first-order valence-electron chi connectivity index (χ1n) is 8.15. The minimum atomic E-state index is 0.0436. The zero-order chi connectivity index (χ0) is 17.2. The Kier molecular flexibility index (Phi) is 7.23. The maximum atomic E-state index is 12.0. The number of pyridine rings is 1. The second kappa shape index (κ2) is 9.67. The van der Waals surface area contributed by atoms with E-state index in [2.05, 4.69) is 10.3 Å². The molecule has 5 nitrogen and oxygen atoms in total. The van der Waals surface area contributed by atoms with Crippen molar-refractivity contribution in [3.05, 3.63) is 59.9 Å². The number of likely N-dealkylation sites (N-methyl/N-ethyl adjacent to an activating group) is 1. The van der Waals surface area contributed by atoms with Gasteiger partial charge in [0.1, 0.15) is 5.75 Å². The van der Waals surface area contributed by atoms with Gasteiger partial charge in [-0.3, -0.25) is 14.7 Å². The van der Waals surface area contributed by atoms with E-state index < -0.39 is 0 Å². The van der Waals surface area contributed by atoms with Crippen LogP contribution in [-0.4, -0.2) is 49.6 Å². The molecule has 0 radical (unpaired) electrons. The van der Waals surface area contributed by atoms with Crippen molar-refractivity contribution in [2.75, 3.05) is 33.8 Å². The van der Waals surface area contributed by atoms with Gasteiger partial charge in [-0.05, 0) is 49.2 Å². The van der Waals surface area contributed by atoms with Crippen LogP contribution in [0.3, 0.4) is 0 Å². The van der Waals surface area contributed by atoms with Crippen LogP contribution in [0.2, 0.25) is 0 Å². The van der Waals surface area contributed by atoms with Crippen molar-refractivity contribution in [1.29, 1.82) is 0 Å². The van der Waals surface area contributed by atoms with E-state index in [9.17, 15) is 4.79 Å². The third kappa shape index (κ3) is 6.01. The highest BCUT2D eigenvalue weighted by Crippen LogP contribution is 2.17. The molecule has 0 aliphatic rings. The largest absolute Gasteiger partial charge is 0.496 e. The molecule has 1 aromatic carbocycles. The molecule has 0 bridgehead atoms. The number of hydrogen-bond acceptors (Lipinski definition) is 4. The monoisotopic (exact) mass is 327 g/mol. The van der Waals surface area contributed by atoms with E-state index in [4.69, 9.17) is 4.74 Å². The molecule has 0 fully saturated rings. The Morgan fingerprint density at radius 3 is 2.67 bits per heavy atom. The summed E-state index contributed by atoms with van der Waals surface area (Å²) >= 11 is 0. The highest BCUT2D eigenvalue weighted by atomic mass is 16.5. The Morgan fingerprint density at radius 1 is 1.17 bits per heavy atom. The number of benzene rings is 1. The van der Waals surface area contributed by atoms with E-state index in [1.165, 1.54) is 5.56 Å². The van der Waals surface area contributed by atoms with Crippen molar-refractivity contribution in [1.82, 2.24) is 15.2 Å². The third-order valence-electron chi connectivity index (χ3n) is 3.85. The van der Waals surface area contributed by atoms with Crippen molar-refractivity contribution in [2.45, 2.75) is 12.8 Å². The summed E-state index contributed by atoms with van der Waals surface area (Å²) in [5.74, 6) is 0.906. The number of amides is 1. The molecule has 1 amide bonds. The van der Waals surface area contributed by atoms with Crippen molar-refractivity contribution < 1.29 is 9.53 Å². The van der Waals surface area contributed by atoms with E-state index in [0.717, 1.165) is 30.7 Å². The molecule has 0 aliphatic heterocycles. The molecule has 2 rings (SSSR count). The van der Waals surface area contributed by atoms with E-state index >= 15 is 0 Å². The summed E-state index contributed by atoms with van der Waals surface area (Å²) in [5.41, 5.74) is 2.33. The Balaban J connectivity index is 1.67. The van der Waals surface area contributed by atoms with Crippen LogP contribution < -0.4 is 10.1 Å². The lowest BCUT2D eigenvalue weighted by Crippen LogP contribution is -2.36. The van der Waals surface area contributed by atoms with Crippen LogP contribution in [0.15, 0.2) is 48.8 Å². The zero-order valence-electron chi connectivity index (χ0n) is 14.4. The number of nitrogens with one attached hydrogen (secondary N) is 1. The Labute approximate surface area is 143 Å². The maximum Gasteiger partial charge on any atom is 0.234 e. The van der Waals surface area contributed by atoms with Crippen molar-refractivity contribution >= 4 is 5.91 Å². The molecule has 1 N–H and O–H groups in total. The number of hydrogen-bond donors (Lipinski definition) is 1. The molecule has 0 saturated carbocycles. The van der Waals surface area contributed by atoms with Gasteiger partial charge in [0.05, 0.1) is 13.7 Å². The van der Waals surface area contributed by atoms with Gasteiger partial charge in [0.25, 0.3) is 0 Å². The summed E-state index contributed by atoms with van der Waals surface area (Å²) in [6.07, 6.45) is 5.25. The fourth-order valence-electron chi connectivity index (χ4n) is 2.50. The molecule has 0 aliphatic carbocycles. The third-order valence-corrected chi connectivity index (χ3v) is 3.85. The van der Waals surface area contributed by atoms with E-state index in [-0.39, 0.29) is 5.91 Å². The molecule has 2 aromatic rings. The SMILES string of the molecule is COc1ccccc1CCNC(=O)CN(C)CCc1ccncc1. The predicted octanol–water partition coefficient (Wildman–Crippen LogP) is 1.92. The normalized spacial score (nSPS) is 10.6. The number of nitrogens with zero attached hydrogens (tertiary/aromatic N) is 2. The van der Waals surface area contributed by atoms with Crippen molar-refractivity contribution in [3.8, 4) is 5.75 Å². The number of rotatable bonds is 9. The second-order valence-corrected chi connectivity index (χ2v) is 5.76. The second-order valence-electron chi connectivity index (χ2n) is 5.76. The lowest BCUT2D eigenvalue weighted by molar-refractivity contribution is -0.121. The minimum absolute atomic E-state index is 0.0436. The van der Waals surface area contributed by atoms with Gasteiger partial charge in [-0.25, -0.2) is 0 Å². The number of para-hydroxylation sites is 1. The average molecular weight is 327 g/mol. The van der Waals surface area contributed by atoms with Crippen LogP contribution in [0.5, 0.6) is 5.75 Å². The molecule has 0 atom stereocenters. The predicted molar refractivity (Wildman–Crippen MR) is 95.1 cm³/mol. The summed E-state index contributed by atoms with van der Waals surface area (Å²) in [6, 6.07) is 11.9. The molecule has 0 spiro atoms. The molecule has 24 heavy (non-hydrogen) atoms. The fraction of sp³-hybridized carbons (Fsp3) is 0.368. The molecule has 128 valence electrons. The highest BCUT2D eigenvalue weighted by Gasteiger charge is 2.07. The first-order valence-corrected chi connectivity index (χ1v) is 8.15. The lowest BCUT2D eigenvalue weighted by atomic mass is 10.1. The van der Waals surface area contributed by atoms with Crippen LogP contribution in [0.1, 0.15) is 11.1 Å². The molecular formula is C19H25N3O2. The van der Waals surface area contributed by atoms with Crippen LogP contribution in [0, 0.1) is 0 Å². The zero-order valence-corrected chi connectivity index (χ0v) is 14.4. The molecular weight excluding hydrogens is 302 g/mol. The van der Waals surface area contributed by atoms with Crippen LogP contribution in [0.4, 0.5) is 0 Å². The molecule has 1 heterocycles. The van der Waals surface area contributed by atoms with E-state index in [1.54, 1.807) is 19.5 Å². The quantitative estimate of drug-likeness (QED) is 0.764. The van der Waals surface area contributed by atoms with Gasteiger partial charge in [-0.15, -0.1) is 0 Å². The van der Waals surface area contributed by atoms with Gasteiger partial charge in [-0.2, -0.15) is 0 Å². The van der Waals surface area contributed by atoms with E-state index in [1.807, 2.05) is 48.3 Å². The maximum absolute atomic E-state index is 12.0. The van der Waals surface area contributed by atoms with Gasteiger partial charge in [0.15, 0.2) is 0 Å². The Hall–Kier alpha value is -2.40. The fourth-order valence-corrected chi connectivity index (χ4v) is 2.50. The summed E-state index contributed by atoms with van der Waals surface area (Å²) in [5, 5.41) is 2.97. The Morgan fingerprint density at radius 2 is 1.92 bits per heavy atom. The first kappa shape index (κ1) is 17.9. The van der Waals surface area contributed by atoms with Crippen molar-refractivity contribution in [2.24, 2.45) is 0 Å². The van der Waals surface area contributed by atoms with Crippen LogP contribution >= 0.6 is 0 Å². The van der Waals surface area contributed by atoms with Crippen molar-refractivity contribution in [3.63, 3.8) is 0 Å². The van der Waals surface area contributed by atoms with Gasteiger partial charge >= 0.3 is 0 Å². The summed E-state index contributed by atoms with van der Waals surface area (Å²) in [7, 11) is 3.62. The first-order chi connectivity index (χ1) is 11.7. The molecule has 0 unspecified atom stereocenters. The molecule has 5 heteroatoms. The van der Waals surface area contributed by atoms with E-state index in [0.29, 0.717) is 13.1 Å². The summed E-state index contributed by atoms with van der Waals surface area (Å²) in [4.78, 5) is 18.0. The topological polar surface area (TPSA) is 54.5 Å². The minimum Gasteiger partial charge on any atom is -0.496 e. The van der Waals surface area contributed by atoms with Gasteiger partial charge in [-0.1, -0.05) is 18.2 Å². The number of ether oxygens (including phenoxy) is 1. The highest BCUT2D eigenvalue weighted by molar-refractivity contribution is 5.77. The number of aromatic nitrogens is 1.